The summed E-state index contributed by atoms with van der Waals surface area (Å²) in [6, 6.07) is 9.64. The number of nitrogens with zero attached hydrogens (tertiary/aromatic N) is 2. The van der Waals surface area contributed by atoms with Gasteiger partial charge >= 0.3 is 0 Å². The van der Waals surface area contributed by atoms with Gasteiger partial charge in [0.05, 0.1) is 16.7 Å². The van der Waals surface area contributed by atoms with Gasteiger partial charge in [0.25, 0.3) is 0 Å². The molecule has 3 rings (SSSR count). The molecule has 1 heterocycles. The van der Waals surface area contributed by atoms with Gasteiger partial charge in [0.2, 0.25) is 0 Å². The summed E-state index contributed by atoms with van der Waals surface area (Å²) in [5, 5.41) is 20.9. The topological polar surface area (TPSA) is 91.6 Å². The number of nitrogens with two attached hydrogens (primary N) is 1. The fourth-order valence-corrected chi connectivity index (χ4v) is 2.71. The normalized spacial score (nSPS) is 16.6. The number of fused-ring (bicyclic) bond motifs is 1. The zero-order valence-corrected chi connectivity index (χ0v) is 12.5. The SMILES string of the molecule is N#Cc1cc(/C(N)=N/O)cc(C2Cc3cc(Cl)c(F)cc3O2)c1. The van der Waals surface area contributed by atoms with E-state index < -0.39 is 11.9 Å². The van der Waals surface area contributed by atoms with Crippen molar-refractivity contribution in [3.63, 3.8) is 0 Å². The lowest BCUT2D eigenvalue weighted by Gasteiger charge is -2.13. The third kappa shape index (κ3) is 2.79. The number of hydrogen-bond acceptors (Lipinski definition) is 4. The van der Waals surface area contributed by atoms with E-state index in [0.717, 1.165) is 5.56 Å². The summed E-state index contributed by atoms with van der Waals surface area (Å²) in [5.74, 6) is -0.230. The van der Waals surface area contributed by atoms with Gasteiger partial charge < -0.3 is 15.7 Å². The Morgan fingerprint density at radius 3 is 2.87 bits per heavy atom. The molecule has 1 aliphatic rings. The first-order valence-corrected chi connectivity index (χ1v) is 7.07. The number of amidine groups is 1. The maximum atomic E-state index is 13.5. The molecule has 0 aromatic heterocycles. The van der Waals surface area contributed by atoms with Gasteiger partial charge in [0.15, 0.2) is 5.84 Å². The molecule has 0 amide bonds. The Morgan fingerprint density at radius 2 is 2.17 bits per heavy atom. The van der Waals surface area contributed by atoms with E-state index in [1.165, 1.54) is 18.2 Å². The number of hydrogen-bond donors (Lipinski definition) is 2. The Hall–Kier alpha value is -2.78. The van der Waals surface area contributed by atoms with E-state index in [9.17, 15) is 4.39 Å². The summed E-state index contributed by atoms with van der Waals surface area (Å²) < 4.78 is 19.3. The highest BCUT2D eigenvalue weighted by Crippen LogP contribution is 2.39. The smallest absolute Gasteiger partial charge is 0.170 e. The van der Waals surface area contributed by atoms with Crippen LogP contribution in [-0.2, 0) is 6.42 Å². The number of benzene rings is 2. The third-order valence-electron chi connectivity index (χ3n) is 3.64. The summed E-state index contributed by atoms with van der Waals surface area (Å²) in [6.07, 6.45) is 0.0845. The van der Waals surface area contributed by atoms with Crippen molar-refractivity contribution in [1.29, 1.82) is 5.26 Å². The van der Waals surface area contributed by atoms with Crippen LogP contribution in [0.2, 0.25) is 5.02 Å². The van der Waals surface area contributed by atoms with Crippen LogP contribution in [0.1, 0.15) is 28.4 Å². The molecule has 1 atom stereocenters. The molecule has 3 N–H and O–H groups in total. The van der Waals surface area contributed by atoms with Gasteiger partial charge in [-0.3, -0.25) is 0 Å². The van der Waals surface area contributed by atoms with Gasteiger partial charge in [0.1, 0.15) is 17.7 Å². The molecule has 0 aliphatic carbocycles. The lowest BCUT2D eigenvalue weighted by atomic mass is 9.99. The highest BCUT2D eigenvalue weighted by Gasteiger charge is 2.26. The van der Waals surface area contributed by atoms with Crippen molar-refractivity contribution in [2.24, 2.45) is 10.9 Å². The Bertz CT molecular complexity index is 830. The van der Waals surface area contributed by atoms with Crippen LogP contribution in [-0.4, -0.2) is 11.0 Å². The van der Waals surface area contributed by atoms with Gasteiger partial charge in [-0.2, -0.15) is 5.26 Å². The highest BCUT2D eigenvalue weighted by molar-refractivity contribution is 6.30. The molecule has 2 aromatic carbocycles. The Balaban J connectivity index is 1.99. The molecule has 116 valence electrons. The molecule has 0 fully saturated rings. The van der Waals surface area contributed by atoms with Gasteiger partial charge in [0, 0.05) is 18.1 Å². The van der Waals surface area contributed by atoms with Crippen molar-refractivity contribution in [3.8, 4) is 11.8 Å². The lowest BCUT2D eigenvalue weighted by molar-refractivity contribution is 0.238. The minimum Gasteiger partial charge on any atom is -0.485 e. The molecule has 7 heteroatoms. The lowest BCUT2D eigenvalue weighted by Crippen LogP contribution is -2.15. The Morgan fingerprint density at radius 1 is 1.39 bits per heavy atom. The van der Waals surface area contributed by atoms with Crippen LogP contribution < -0.4 is 10.5 Å². The second-order valence-corrected chi connectivity index (χ2v) is 5.53. The molecule has 0 saturated heterocycles. The molecule has 5 nitrogen and oxygen atoms in total. The molecule has 1 unspecified atom stereocenters. The van der Waals surface area contributed by atoms with Crippen LogP contribution in [0.25, 0.3) is 0 Å². The van der Waals surface area contributed by atoms with Crippen molar-refractivity contribution in [2.45, 2.75) is 12.5 Å². The Labute approximate surface area is 136 Å². The maximum Gasteiger partial charge on any atom is 0.170 e. The number of ether oxygens (including phenoxy) is 1. The molecular weight excluding hydrogens is 321 g/mol. The highest BCUT2D eigenvalue weighted by atomic mass is 35.5. The monoisotopic (exact) mass is 331 g/mol. The largest absolute Gasteiger partial charge is 0.485 e. The zero-order valence-electron chi connectivity index (χ0n) is 11.8. The summed E-state index contributed by atoms with van der Waals surface area (Å²) >= 11 is 5.79. The zero-order chi connectivity index (χ0) is 16.6. The maximum absolute atomic E-state index is 13.5. The van der Waals surface area contributed by atoms with Gasteiger partial charge in [-0.15, -0.1) is 0 Å². The van der Waals surface area contributed by atoms with Crippen molar-refractivity contribution in [2.75, 3.05) is 0 Å². The number of oxime groups is 1. The second kappa shape index (κ2) is 5.78. The number of rotatable bonds is 2. The van der Waals surface area contributed by atoms with E-state index in [4.69, 9.17) is 32.5 Å². The molecule has 0 radical (unpaired) electrons. The van der Waals surface area contributed by atoms with Gasteiger partial charge in [-0.1, -0.05) is 16.8 Å². The molecule has 2 aromatic rings. The van der Waals surface area contributed by atoms with Crippen LogP contribution >= 0.6 is 11.6 Å². The van der Waals surface area contributed by atoms with E-state index in [1.54, 1.807) is 12.1 Å². The van der Waals surface area contributed by atoms with Crippen LogP contribution in [0.5, 0.6) is 5.75 Å². The molecule has 0 spiro atoms. The van der Waals surface area contributed by atoms with Gasteiger partial charge in [-0.05, 0) is 35.4 Å². The van der Waals surface area contributed by atoms with Crippen LogP contribution in [0, 0.1) is 17.1 Å². The van der Waals surface area contributed by atoms with E-state index in [2.05, 4.69) is 5.16 Å². The average Bonchev–Trinajstić information content (AvgIpc) is 2.96. The van der Waals surface area contributed by atoms with Crippen molar-refractivity contribution in [1.82, 2.24) is 0 Å². The quantitative estimate of drug-likeness (QED) is 0.383. The van der Waals surface area contributed by atoms with E-state index >= 15 is 0 Å². The number of nitriles is 1. The van der Waals surface area contributed by atoms with Crippen LogP contribution in [0.3, 0.4) is 0 Å². The molecule has 1 aliphatic heterocycles. The van der Waals surface area contributed by atoms with Crippen molar-refractivity contribution < 1.29 is 14.3 Å². The fourth-order valence-electron chi connectivity index (χ4n) is 2.53. The molecule has 0 bridgehead atoms. The summed E-state index contributed by atoms with van der Waals surface area (Å²) in [6.45, 7) is 0. The first kappa shape index (κ1) is 15.1. The summed E-state index contributed by atoms with van der Waals surface area (Å²) in [4.78, 5) is 0. The molecule has 23 heavy (non-hydrogen) atoms. The minimum absolute atomic E-state index is 0.0381. The third-order valence-corrected chi connectivity index (χ3v) is 3.93. The second-order valence-electron chi connectivity index (χ2n) is 5.13. The fraction of sp³-hybridized carbons (Fsp3) is 0.125. The van der Waals surface area contributed by atoms with E-state index in [-0.39, 0.29) is 10.9 Å². The van der Waals surface area contributed by atoms with Crippen LogP contribution in [0.15, 0.2) is 35.5 Å². The van der Waals surface area contributed by atoms with Crippen molar-refractivity contribution in [3.05, 3.63) is 63.4 Å². The predicted molar refractivity (Wildman–Crippen MR) is 82.2 cm³/mol. The summed E-state index contributed by atoms with van der Waals surface area (Å²) in [7, 11) is 0. The Kier molecular flexibility index (Phi) is 3.80. The minimum atomic E-state index is -0.547. The predicted octanol–water partition coefficient (Wildman–Crippen LogP) is 3.12. The van der Waals surface area contributed by atoms with Crippen molar-refractivity contribution >= 4 is 17.4 Å². The van der Waals surface area contributed by atoms with Crippen LogP contribution in [0.4, 0.5) is 4.39 Å². The molecule has 0 saturated carbocycles. The average molecular weight is 332 g/mol. The van der Waals surface area contributed by atoms with E-state index in [0.29, 0.717) is 28.9 Å². The number of halogens is 2. The first-order chi connectivity index (χ1) is 11.0. The summed E-state index contributed by atoms with van der Waals surface area (Å²) in [5.41, 5.74) is 7.82. The van der Waals surface area contributed by atoms with Gasteiger partial charge in [-0.25, -0.2) is 4.39 Å². The first-order valence-electron chi connectivity index (χ1n) is 6.69. The molecular formula is C16H11ClFN3O2. The van der Waals surface area contributed by atoms with E-state index in [1.807, 2.05) is 6.07 Å². The standard InChI is InChI=1S/C16H11ClFN3O2/c17-12-4-10-5-14(23-15(10)6-13(12)18)9-1-8(7-19)2-11(3-9)16(20)21-22/h1-4,6,14,22H,5H2,(H2,20,21).